The quantitative estimate of drug-likeness (QED) is 0.878. The molecule has 1 aliphatic heterocycles. The molecule has 18 heavy (non-hydrogen) atoms. The second-order valence-electron chi connectivity index (χ2n) is 5.15. The molecule has 1 fully saturated rings. The van der Waals surface area contributed by atoms with Crippen LogP contribution >= 0.6 is 0 Å². The average molecular weight is 247 g/mol. The Labute approximate surface area is 108 Å². The monoisotopic (exact) mass is 247 g/mol. The second-order valence-corrected chi connectivity index (χ2v) is 5.15. The predicted molar refractivity (Wildman–Crippen MR) is 71.1 cm³/mol. The van der Waals surface area contributed by atoms with Crippen LogP contribution in [0, 0.1) is 6.92 Å². The molecule has 1 atom stereocenters. The summed E-state index contributed by atoms with van der Waals surface area (Å²) in [4.78, 5) is 17.8. The lowest BCUT2D eigenvalue weighted by atomic mass is 10.0. The number of hydrogen-bond donors (Lipinski definition) is 1. The van der Waals surface area contributed by atoms with E-state index in [0.29, 0.717) is 18.9 Å². The minimum absolute atomic E-state index is 0.246. The third-order valence-electron chi connectivity index (χ3n) is 3.55. The molecule has 1 aromatic heterocycles. The summed E-state index contributed by atoms with van der Waals surface area (Å²) >= 11 is 0. The predicted octanol–water partition coefficient (Wildman–Crippen LogP) is 1.57. The summed E-state index contributed by atoms with van der Waals surface area (Å²) in [6, 6.07) is 4.60. The van der Waals surface area contributed by atoms with E-state index in [2.05, 4.69) is 23.0 Å². The van der Waals surface area contributed by atoms with Crippen LogP contribution in [0.5, 0.6) is 0 Å². The number of aryl methyl sites for hydroxylation is 2. The van der Waals surface area contributed by atoms with Crippen molar-refractivity contribution in [1.82, 2.24) is 9.88 Å². The number of amides is 1. The van der Waals surface area contributed by atoms with E-state index >= 15 is 0 Å². The van der Waals surface area contributed by atoms with Crippen LogP contribution in [-0.2, 0) is 11.2 Å². The molecular formula is C14H21N3O. The van der Waals surface area contributed by atoms with Crippen molar-refractivity contribution in [2.75, 3.05) is 13.6 Å². The molecular weight excluding hydrogens is 226 g/mol. The normalized spacial score (nSPS) is 20.2. The van der Waals surface area contributed by atoms with Crippen molar-refractivity contribution in [2.24, 2.45) is 5.73 Å². The van der Waals surface area contributed by atoms with E-state index in [-0.39, 0.29) is 5.91 Å². The van der Waals surface area contributed by atoms with E-state index in [1.54, 1.807) is 0 Å². The molecule has 1 aliphatic rings. The number of pyridine rings is 1. The zero-order chi connectivity index (χ0) is 13.1. The van der Waals surface area contributed by atoms with Crippen LogP contribution in [0.25, 0.3) is 0 Å². The number of primary amides is 1. The molecule has 1 aromatic rings. The number of hydrogen-bond acceptors (Lipinski definition) is 3. The molecule has 2 rings (SSSR count). The zero-order valence-electron chi connectivity index (χ0n) is 11.1. The number of likely N-dealkylation sites (tertiary alicyclic amines) is 1. The third-order valence-corrected chi connectivity index (χ3v) is 3.55. The van der Waals surface area contributed by atoms with Gasteiger partial charge in [-0.25, -0.2) is 0 Å². The third kappa shape index (κ3) is 3.07. The summed E-state index contributed by atoms with van der Waals surface area (Å²) in [5.41, 5.74) is 8.52. The molecule has 0 unspecified atom stereocenters. The molecule has 4 heteroatoms. The van der Waals surface area contributed by atoms with Crippen LogP contribution in [0.1, 0.15) is 42.3 Å². The first kappa shape index (κ1) is 13.0. The van der Waals surface area contributed by atoms with Crippen LogP contribution < -0.4 is 5.73 Å². The van der Waals surface area contributed by atoms with Gasteiger partial charge in [0.2, 0.25) is 5.91 Å². The van der Waals surface area contributed by atoms with Gasteiger partial charge in [0.05, 0.1) is 11.7 Å². The highest BCUT2D eigenvalue weighted by Crippen LogP contribution is 2.29. The number of aromatic nitrogens is 1. The van der Waals surface area contributed by atoms with Gasteiger partial charge >= 0.3 is 0 Å². The van der Waals surface area contributed by atoms with E-state index in [0.717, 1.165) is 23.5 Å². The fourth-order valence-electron chi connectivity index (χ4n) is 2.63. The standard InChI is InChI=1S/C14H21N3O/c1-10-8-11(5-6-14(15)18)9-12(16-10)13-4-3-7-17(13)2/h8-9,13H,3-7H2,1-2H3,(H2,15,18)/t13-/m1/s1. The number of nitrogens with zero attached hydrogens (tertiary/aromatic N) is 2. The minimum atomic E-state index is -0.246. The first-order chi connectivity index (χ1) is 8.56. The van der Waals surface area contributed by atoms with Crippen molar-refractivity contribution < 1.29 is 4.79 Å². The van der Waals surface area contributed by atoms with E-state index in [1.165, 1.54) is 12.8 Å². The Bertz CT molecular complexity index is 445. The Kier molecular flexibility index (Phi) is 3.97. The SMILES string of the molecule is Cc1cc(CCC(N)=O)cc([C@H]2CCCN2C)n1. The maximum atomic E-state index is 10.8. The fraction of sp³-hybridized carbons (Fsp3) is 0.571. The molecule has 0 aliphatic carbocycles. The zero-order valence-corrected chi connectivity index (χ0v) is 11.1. The van der Waals surface area contributed by atoms with Crippen LogP contribution in [0.15, 0.2) is 12.1 Å². The van der Waals surface area contributed by atoms with Crippen molar-refractivity contribution >= 4 is 5.91 Å². The van der Waals surface area contributed by atoms with E-state index in [1.807, 2.05) is 13.0 Å². The number of nitrogens with two attached hydrogens (primary N) is 1. The number of carbonyl (C=O) groups is 1. The second kappa shape index (κ2) is 5.48. The van der Waals surface area contributed by atoms with E-state index < -0.39 is 0 Å². The van der Waals surface area contributed by atoms with Crippen molar-refractivity contribution in [1.29, 1.82) is 0 Å². The van der Waals surface area contributed by atoms with Crippen LogP contribution in [0.3, 0.4) is 0 Å². The Hall–Kier alpha value is -1.42. The van der Waals surface area contributed by atoms with Crippen LogP contribution in [-0.4, -0.2) is 29.4 Å². The molecule has 0 radical (unpaired) electrons. The summed E-state index contributed by atoms with van der Waals surface area (Å²) in [6.07, 6.45) is 3.52. The van der Waals surface area contributed by atoms with Gasteiger partial charge in [-0.3, -0.25) is 14.7 Å². The van der Waals surface area contributed by atoms with Crippen LogP contribution in [0.4, 0.5) is 0 Å². The first-order valence-corrected chi connectivity index (χ1v) is 6.52. The number of rotatable bonds is 4. The molecule has 0 bridgehead atoms. The summed E-state index contributed by atoms with van der Waals surface area (Å²) in [7, 11) is 2.14. The van der Waals surface area contributed by atoms with Crippen molar-refractivity contribution in [3.8, 4) is 0 Å². The van der Waals surface area contributed by atoms with Crippen molar-refractivity contribution in [3.63, 3.8) is 0 Å². The Morgan fingerprint density at radius 1 is 1.56 bits per heavy atom. The maximum absolute atomic E-state index is 10.8. The molecule has 2 heterocycles. The maximum Gasteiger partial charge on any atom is 0.217 e. The van der Waals surface area contributed by atoms with Gasteiger partial charge < -0.3 is 5.73 Å². The molecule has 4 nitrogen and oxygen atoms in total. The Morgan fingerprint density at radius 2 is 2.33 bits per heavy atom. The first-order valence-electron chi connectivity index (χ1n) is 6.52. The smallest absolute Gasteiger partial charge is 0.217 e. The topological polar surface area (TPSA) is 59.2 Å². The van der Waals surface area contributed by atoms with Crippen molar-refractivity contribution in [2.45, 2.75) is 38.6 Å². The van der Waals surface area contributed by atoms with Crippen molar-refractivity contribution in [3.05, 3.63) is 29.1 Å². The van der Waals surface area contributed by atoms with Gasteiger partial charge in [0, 0.05) is 12.1 Å². The lowest BCUT2D eigenvalue weighted by molar-refractivity contribution is -0.117. The van der Waals surface area contributed by atoms with Crippen LogP contribution in [0.2, 0.25) is 0 Å². The van der Waals surface area contributed by atoms with Gasteiger partial charge in [0.25, 0.3) is 0 Å². The molecule has 0 saturated carbocycles. The molecule has 1 amide bonds. The molecule has 2 N–H and O–H groups in total. The highest BCUT2D eigenvalue weighted by molar-refractivity contribution is 5.74. The highest BCUT2D eigenvalue weighted by Gasteiger charge is 2.24. The van der Waals surface area contributed by atoms with Gasteiger partial charge in [-0.2, -0.15) is 0 Å². The van der Waals surface area contributed by atoms with Gasteiger partial charge in [-0.05, 0) is 57.5 Å². The molecule has 0 spiro atoms. The Balaban J connectivity index is 2.18. The lowest BCUT2D eigenvalue weighted by Crippen LogP contribution is -2.19. The van der Waals surface area contributed by atoms with Gasteiger partial charge in [0.15, 0.2) is 0 Å². The van der Waals surface area contributed by atoms with E-state index in [4.69, 9.17) is 5.73 Å². The highest BCUT2D eigenvalue weighted by atomic mass is 16.1. The van der Waals surface area contributed by atoms with Gasteiger partial charge in [-0.1, -0.05) is 0 Å². The average Bonchev–Trinajstić information content (AvgIpc) is 2.72. The molecule has 0 aromatic carbocycles. The summed E-state index contributed by atoms with van der Waals surface area (Å²) in [5.74, 6) is -0.246. The summed E-state index contributed by atoms with van der Waals surface area (Å²) in [5, 5.41) is 0. The van der Waals surface area contributed by atoms with E-state index in [9.17, 15) is 4.79 Å². The van der Waals surface area contributed by atoms with Gasteiger partial charge in [-0.15, -0.1) is 0 Å². The minimum Gasteiger partial charge on any atom is -0.370 e. The lowest BCUT2D eigenvalue weighted by Gasteiger charge is -2.20. The summed E-state index contributed by atoms with van der Waals surface area (Å²) in [6.45, 7) is 3.14. The largest absolute Gasteiger partial charge is 0.370 e. The fourth-order valence-corrected chi connectivity index (χ4v) is 2.63. The molecule has 1 saturated heterocycles. The summed E-state index contributed by atoms with van der Waals surface area (Å²) < 4.78 is 0. The molecule has 98 valence electrons. The number of carbonyl (C=O) groups excluding carboxylic acids is 1. The van der Waals surface area contributed by atoms with Gasteiger partial charge in [0.1, 0.15) is 0 Å². The Morgan fingerprint density at radius 3 is 2.94 bits per heavy atom.